The van der Waals surface area contributed by atoms with Crippen molar-refractivity contribution in [2.75, 3.05) is 13.1 Å². The van der Waals surface area contributed by atoms with Gasteiger partial charge < -0.3 is 5.32 Å². The number of hydrogen-bond acceptors (Lipinski definition) is 3. The molecule has 1 amide bonds. The molecular weight excluding hydrogens is 416 g/mol. The average Bonchev–Trinajstić information content (AvgIpc) is 3.15. The number of halogens is 1. The molecule has 5 nitrogen and oxygen atoms in total. The summed E-state index contributed by atoms with van der Waals surface area (Å²) in [6.45, 7) is 3.45. The number of sulfonamides is 1. The Morgan fingerprint density at radius 2 is 1.88 bits per heavy atom. The van der Waals surface area contributed by atoms with Crippen LogP contribution >= 0.6 is 15.9 Å². The Morgan fingerprint density at radius 1 is 1.15 bits per heavy atom. The van der Waals surface area contributed by atoms with E-state index >= 15 is 0 Å². The van der Waals surface area contributed by atoms with Gasteiger partial charge in [0.25, 0.3) is 5.91 Å². The first kappa shape index (κ1) is 19.1. The number of aryl methyl sites for hydroxylation is 1. The van der Waals surface area contributed by atoms with Crippen molar-refractivity contribution in [1.82, 2.24) is 9.62 Å². The third-order valence-electron chi connectivity index (χ3n) is 4.42. The zero-order chi connectivity index (χ0) is 18.7. The van der Waals surface area contributed by atoms with Crippen LogP contribution in [-0.4, -0.2) is 31.7 Å². The lowest BCUT2D eigenvalue weighted by atomic mass is 10.1. The van der Waals surface area contributed by atoms with Gasteiger partial charge in [-0.15, -0.1) is 0 Å². The number of carbonyl (C=O) groups excluding carboxylic acids is 1. The lowest BCUT2D eigenvalue weighted by molar-refractivity contribution is 0.0950. The summed E-state index contributed by atoms with van der Waals surface area (Å²) in [7, 11) is -3.55. The van der Waals surface area contributed by atoms with Crippen molar-refractivity contribution in [1.29, 1.82) is 0 Å². The van der Waals surface area contributed by atoms with Gasteiger partial charge in [0.1, 0.15) is 0 Å². The Labute approximate surface area is 162 Å². The summed E-state index contributed by atoms with van der Waals surface area (Å²) in [6, 6.07) is 12.5. The van der Waals surface area contributed by atoms with E-state index in [0.29, 0.717) is 29.7 Å². The first-order valence-electron chi connectivity index (χ1n) is 8.51. The Kier molecular flexibility index (Phi) is 5.79. The summed E-state index contributed by atoms with van der Waals surface area (Å²) in [6.07, 6.45) is 1.75. The van der Waals surface area contributed by atoms with Crippen LogP contribution in [0.2, 0.25) is 0 Å². The molecule has 0 spiro atoms. The molecule has 3 rings (SSSR count). The first-order chi connectivity index (χ1) is 12.4. The van der Waals surface area contributed by atoms with Crippen molar-refractivity contribution >= 4 is 31.9 Å². The second kappa shape index (κ2) is 7.90. The van der Waals surface area contributed by atoms with Crippen molar-refractivity contribution < 1.29 is 13.2 Å². The Morgan fingerprint density at radius 3 is 2.58 bits per heavy atom. The largest absolute Gasteiger partial charge is 0.348 e. The van der Waals surface area contributed by atoms with E-state index in [2.05, 4.69) is 21.2 Å². The molecule has 0 atom stereocenters. The minimum absolute atomic E-state index is 0.156. The van der Waals surface area contributed by atoms with Crippen LogP contribution in [0.5, 0.6) is 0 Å². The molecule has 0 aliphatic carbocycles. The monoisotopic (exact) mass is 436 g/mol. The van der Waals surface area contributed by atoms with Crippen molar-refractivity contribution in [2.45, 2.75) is 31.2 Å². The van der Waals surface area contributed by atoms with E-state index < -0.39 is 10.0 Å². The van der Waals surface area contributed by atoms with Gasteiger partial charge in [0.2, 0.25) is 10.0 Å². The van der Waals surface area contributed by atoms with E-state index in [9.17, 15) is 13.2 Å². The molecule has 0 unspecified atom stereocenters. The van der Waals surface area contributed by atoms with E-state index in [0.717, 1.165) is 24.0 Å². The molecule has 1 saturated heterocycles. The Bertz CT molecular complexity index is 922. The van der Waals surface area contributed by atoms with E-state index in [-0.39, 0.29) is 10.8 Å². The molecule has 0 saturated carbocycles. The fourth-order valence-corrected chi connectivity index (χ4v) is 4.99. The van der Waals surface area contributed by atoms with Crippen molar-refractivity contribution in [3.05, 3.63) is 63.6 Å². The highest BCUT2D eigenvalue weighted by Crippen LogP contribution is 2.25. The topological polar surface area (TPSA) is 66.5 Å². The summed E-state index contributed by atoms with van der Waals surface area (Å²) in [5, 5.41) is 2.85. The molecule has 0 radical (unpaired) electrons. The summed E-state index contributed by atoms with van der Waals surface area (Å²) < 4.78 is 27.5. The maximum atomic E-state index is 12.7. The minimum atomic E-state index is -3.55. The molecule has 0 aromatic heterocycles. The first-order valence-corrected chi connectivity index (χ1v) is 10.7. The van der Waals surface area contributed by atoms with Gasteiger partial charge in [-0.05, 0) is 59.5 Å². The highest BCUT2D eigenvalue weighted by molar-refractivity contribution is 9.10. The average molecular weight is 437 g/mol. The molecule has 138 valence electrons. The molecule has 2 aromatic carbocycles. The normalized spacial score (nSPS) is 15.2. The second-order valence-corrected chi connectivity index (χ2v) is 9.22. The van der Waals surface area contributed by atoms with Gasteiger partial charge in [0.05, 0.1) is 10.5 Å². The zero-order valence-corrected chi connectivity index (χ0v) is 16.9. The molecule has 1 heterocycles. The number of rotatable bonds is 5. The highest BCUT2D eigenvalue weighted by Gasteiger charge is 2.28. The summed E-state index contributed by atoms with van der Waals surface area (Å²) in [5.74, 6) is -0.308. The summed E-state index contributed by atoms with van der Waals surface area (Å²) in [4.78, 5) is 12.7. The predicted octanol–water partition coefficient (Wildman–Crippen LogP) is 3.47. The number of benzene rings is 2. The molecule has 7 heteroatoms. The van der Waals surface area contributed by atoms with Gasteiger partial charge in [-0.2, -0.15) is 4.31 Å². The number of carbonyl (C=O) groups is 1. The Hall–Kier alpha value is -1.70. The van der Waals surface area contributed by atoms with Gasteiger partial charge in [-0.1, -0.05) is 29.8 Å². The molecule has 1 aliphatic rings. The minimum Gasteiger partial charge on any atom is -0.348 e. The zero-order valence-electron chi connectivity index (χ0n) is 14.5. The van der Waals surface area contributed by atoms with Crippen LogP contribution in [0, 0.1) is 6.92 Å². The molecule has 1 aliphatic heterocycles. The van der Waals surface area contributed by atoms with Gasteiger partial charge in [-0.25, -0.2) is 8.42 Å². The summed E-state index contributed by atoms with van der Waals surface area (Å²) in [5.41, 5.74) is 2.44. The Balaban J connectivity index is 1.79. The van der Waals surface area contributed by atoms with Crippen molar-refractivity contribution in [3.8, 4) is 0 Å². The molecule has 1 fully saturated rings. The third kappa shape index (κ3) is 4.16. The fourth-order valence-electron chi connectivity index (χ4n) is 3.02. The van der Waals surface area contributed by atoms with Crippen LogP contribution in [0.1, 0.15) is 34.3 Å². The van der Waals surface area contributed by atoms with Gasteiger partial charge in [0, 0.05) is 24.1 Å². The molecule has 1 N–H and O–H groups in total. The van der Waals surface area contributed by atoms with E-state index in [1.54, 1.807) is 6.07 Å². The quantitative estimate of drug-likeness (QED) is 0.779. The number of hydrogen-bond donors (Lipinski definition) is 1. The highest BCUT2D eigenvalue weighted by atomic mass is 79.9. The number of nitrogens with zero attached hydrogens (tertiary/aromatic N) is 1. The van der Waals surface area contributed by atoms with Gasteiger partial charge in [0.15, 0.2) is 0 Å². The van der Waals surface area contributed by atoms with Crippen molar-refractivity contribution in [2.24, 2.45) is 0 Å². The molecular formula is C19H21BrN2O3S. The van der Waals surface area contributed by atoms with Crippen LogP contribution in [0.4, 0.5) is 0 Å². The number of amides is 1. The summed E-state index contributed by atoms with van der Waals surface area (Å²) >= 11 is 3.35. The molecule has 0 bridgehead atoms. The van der Waals surface area contributed by atoms with Crippen LogP contribution in [0.25, 0.3) is 0 Å². The maximum absolute atomic E-state index is 12.7. The van der Waals surface area contributed by atoms with Crippen molar-refractivity contribution in [3.63, 3.8) is 0 Å². The number of nitrogens with one attached hydrogen (secondary N) is 1. The lowest BCUT2D eigenvalue weighted by Crippen LogP contribution is -2.28. The van der Waals surface area contributed by atoms with E-state index in [1.807, 2.05) is 31.2 Å². The van der Waals surface area contributed by atoms with E-state index in [1.165, 1.54) is 16.4 Å². The standard InChI is InChI=1S/C19H21BrN2O3S/c1-14-5-4-6-15(11-14)13-21-19(23)17-12-16(7-8-18(17)20)26(24,25)22-9-2-3-10-22/h4-8,11-12H,2-3,9-10,13H2,1H3,(H,21,23). The molecule has 2 aromatic rings. The smallest absolute Gasteiger partial charge is 0.252 e. The fraction of sp³-hybridized carbons (Fsp3) is 0.316. The van der Waals surface area contributed by atoms with Crippen LogP contribution in [0.15, 0.2) is 51.8 Å². The van der Waals surface area contributed by atoms with E-state index in [4.69, 9.17) is 0 Å². The van der Waals surface area contributed by atoms with Gasteiger partial charge in [-0.3, -0.25) is 4.79 Å². The molecule has 26 heavy (non-hydrogen) atoms. The second-order valence-electron chi connectivity index (χ2n) is 6.42. The van der Waals surface area contributed by atoms with Crippen LogP contribution in [-0.2, 0) is 16.6 Å². The van der Waals surface area contributed by atoms with Gasteiger partial charge >= 0.3 is 0 Å². The maximum Gasteiger partial charge on any atom is 0.252 e. The lowest BCUT2D eigenvalue weighted by Gasteiger charge is -2.16. The van der Waals surface area contributed by atoms with Crippen LogP contribution < -0.4 is 5.32 Å². The SMILES string of the molecule is Cc1cccc(CNC(=O)c2cc(S(=O)(=O)N3CCCC3)ccc2Br)c1. The predicted molar refractivity (Wildman–Crippen MR) is 104 cm³/mol. The third-order valence-corrected chi connectivity index (χ3v) is 7.01. The van der Waals surface area contributed by atoms with Crippen LogP contribution in [0.3, 0.4) is 0 Å².